The van der Waals surface area contributed by atoms with Crippen molar-refractivity contribution < 1.29 is 14.3 Å². The number of aliphatic carboxylic acids is 1. The molecule has 7 heteroatoms. The SMILES string of the molecule is Cc1c(-c2ccccc2)cccc1-c1nnc(-c2cccc(CN[C@@H](CC(C)C)C(=O)O)c2)o1.Cl. The summed E-state index contributed by atoms with van der Waals surface area (Å²) in [7, 11) is 0. The van der Waals surface area contributed by atoms with Crippen molar-refractivity contribution in [1.29, 1.82) is 0 Å². The van der Waals surface area contributed by atoms with Gasteiger partial charge < -0.3 is 14.8 Å². The van der Waals surface area contributed by atoms with Gasteiger partial charge in [0, 0.05) is 17.7 Å². The van der Waals surface area contributed by atoms with Crippen LogP contribution in [0.4, 0.5) is 0 Å². The van der Waals surface area contributed by atoms with Crippen LogP contribution in [0.15, 0.2) is 77.2 Å². The molecule has 0 radical (unpaired) electrons. The van der Waals surface area contributed by atoms with E-state index in [1.807, 2.05) is 68.4 Å². The van der Waals surface area contributed by atoms with E-state index in [4.69, 9.17) is 4.42 Å². The van der Waals surface area contributed by atoms with Gasteiger partial charge in [0.05, 0.1) is 0 Å². The number of carboxylic acid groups (broad SMARTS) is 1. The molecule has 3 aromatic carbocycles. The number of nitrogens with one attached hydrogen (secondary N) is 1. The fourth-order valence-electron chi connectivity index (χ4n) is 4.04. The number of halogens is 1. The molecule has 0 aliphatic carbocycles. The second-order valence-corrected chi connectivity index (χ2v) is 8.86. The minimum atomic E-state index is -0.834. The summed E-state index contributed by atoms with van der Waals surface area (Å²) in [4.78, 5) is 11.5. The van der Waals surface area contributed by atoms with E-state index in [0.717, 1.165) is 33.4 Å². The van der Waals surface area contributed by atoms with E-state index in [0.29, 0.717) is 30.7 Å². The summed E-state index contributed by atoms with van der Waals surface area (Å²) in [5.74, 6) is 0.357. The van der Waals surface area contributed by atoms with Crippen LogP contribution in [0.2, 0.25) is 0 Å². The molecule has 1 aromatic heterocycles. The first kappa shape index (κ1) is 26.1. The Labute approximate surface area is 211 Å². The predicted molar refractivity (Wildman–Crippen MR) is 140 cm³/mol. The molecule has 0 amide bonds. The first-order valence-corrected chi connectivity index (χ1v) is 11.5. The van der Waals surface area contributed by atoms with Gasteiger partial charge in [-0.15, -0.1) is 22.6 Å². The second-order valence-electron chi connectivity index (χ2n) is 8.86. The summed E-state index contributed by atoms with van der Waals surface area (Å²) in [5.41, 5.74) is 5.99. The Morgan fingerprint density at radius 1 is 0.914 bits per heavy atom. The molecule has 2 N–H and O–H groups in total. The third-order valence-corrected chi connectivity index (χ3v) is 5.81. The van der Waals surface area contributed by atoms with Gasteiger partial charge in [-0.1, -0.05) is 68.4 Å². The quantitative estimate of drug-likeness (QED) is 0.282. The lowest BCUT2D eigenvalue weighted by Crippen LogP contribution is -2.37. The van der Waals surface area contributed by atoms with Crippen molar-refractivity contribution in [3.8, 4) is 34.0 Å². The van der Waals surface area contributed by atoms with Gasteiger partial charge >= 0.3 is 5.97 Å². The van der Waals surface area contributed by atoms with Crippen LogP contribution in [0.25, 0.3) is 34.0 Å². The molecule has 1 atom stereocenters. The molecular formula is C28H30ClN3O3. The summed E-state index contributed by atoms with van der Waals surface area (Å²) in [6.07, 6.45) is 0.573. The van der Waals surface area contributed by atoms with Crippen molar-refractivity contribution in [3.63, 3.8) is 0 Å². The van der Waals surface area contributed by atoms with Gasteiger partial charge in [-0.05, 0) is 59.7 Å². The van der Waals surface area contributed by atoms with Crippen LogP contribution in [0.1, 0.15) is 31.4 Å². The molecule has 0 aliphatic rings. The van der Waals surface area contributed by atoms with E-state index in [9.17, 15) is 9.90 Å². The van der Waals surface area contributed by atoms with Crippen molar-refractivity contribution >= 4 is 18.4 Å². The number of hydrogen-bond donors (Lipinski definition) is 2. The Morgan fingerprint density at radius 3 is 2.29 bits per heavy atom. The van der Waals surface area contributed by atoms with Crippen LogP contribution in [0.3, 0.4) is 0 Å². The van der Waals surface area contributed by atoms with Crippen molar-refractivity contribution in [2.75, 3.05) is 0 Å². The monoisotopic (exact) mass is 491 g/mol. The van der Waals surface area contributed by atoms with E-state index in [-0.39, 0.29) is 12.4 Å². The first-order chi connectivity index (χ1) is 16.4. The highest BCUT2D eigenvalue weighted by molar-refractivity contribution is 5.85. The number of nitrogens with zero attached hydrogens (tertiary/aromatic N) is 2. The van der Waals surface area contributed by atoms with Crippen molar-refractivity contribution in [2.45, 2.75) is 39.8 Å². The lowest BCUT2D eigenvalue weighted by molar-refractivity contribution is -0.140. The third kappa shape index (κ3) is 6.35. The summed E-state index contributed by atoms with van der Waals surface area (Å²) >= 11 is 0. The average molecular weight is 492 g/mol. The molecule has 0 saturated heterocycles. The molecule has 0 saturated carbocycles. The summed E-state index contributed by atoms with van der Waals surface area (Å²) in [6.45, 7) is 6.53. The molecule has 4 rings (SSSR count). The van der Waals surface area contributed by atoms with Gasteiger partial charge in [0.15, 0.2) is 0 Å². The third-order valence-electron chi connectivity index (χ3n) is 5.81. The van der Waals surface area contributed by atoms with Crippen LogP contribution < -0.4 is 5.32 Å². The predicted octanol–water partition coefficient (Wildman–Crippen LogP) is 6.39. The molecule has 0 aliphatic heterocycles. The van der Waals surface area contributed by atoms with E-state index in [1.165, 1.54) is 0 Å². The lowest BCUT2D eigenvalue weighted by atomic mass is 9.96. The van der Waals surface area contributed by atoms with Crippen LogP contribution >= 0.6 is 12.4 Å². The normalized spacial score (nSPS) is 11.8. The molecule has 35 heavy (non-hydrogen) atoms. The highest BCUT2D eigenvalue weighted by Crippen LogP contribution is 2.32. The Morgan fingerprint density at radius 2 is 1.57 bits per heavy atom. The van der Waals surface area contributed by atoms with Gasteiger partial charge in [-0.3, -0.25) is 4.79 Å². The van der Waals surface area contributed by atoms with Gasteiger partial charge in [-0.2, -0.15) is 0 Å². The van der Waals surface area contributed by atoms with Crippen molar-refractivity contribution in [2.24, 2.45) is 5.92 Å². The van der Waals surface area contributed by atoms with Crippen LogP contribution in [-0.4, -0.2) is 27.3 Å². The van der Waals surface area contributed by atoms with E-state index < -0.39 is 12.0 Å². The lowest BCUT2D eigenvalue weighted by Gasteiger charge is -2.16. The van der Waals surface area contributed by atoms with Crippen molar-refractivity contribution in [3.05, 3.63) is 83.9 Å². The van der Waals surface area contributed by atoms with E-state index >= 15 is 0 Å². The van der Waals surface area contributed by atoms with Crippen LogP contribution in [0.5, 0.6) is 0 Å². The Bertz CT molecular complexity index is 1270. The van der Waals surface area contributed by atoms with Gasteiger partial charge in [0.25, 0.3) is 0 Å². The van der Waals surface area contributed by atoms with Gasteiger partial charge in [-0.25, -0.2) is 0 Å². The molecule has 0 bridgehead atoms. The average Bonchev–Trinajstić information content (AvgIpc) is 3.32. The fourth-order valence-corrected chi connectivity index (χ4v) is 4.04. The zero-order valence-electron chi connectivity index (χ0n) is 20.1. The zero-order chi connectivity index (χ0) is 24.1. The maximum atomic E-state index is 11.5. The summed E-state index contributed by atoms with van der Waals surface area (Å²) < 4.78 is 6.06. The highest BCUT2D eigenvalue weighted by Gasteiger charge is 2.19. The minimum Gasteiger partial charge on any atom is -0.480 e. The first-order valence-electron chi connectivity index (χ1n) is 11.5. The van der Waals surface area contributed by atoms with Gasteiger partial charge in [0.2, 0.25) is 11.8 Å². The zero-order valence-corrected chi connectivity index (χ0v) is 20.9. The molecule has 0 fully saturated rings. The maximum absolute atomic E-state index is 11.5. The largest absolute Gasteiger partial charge is 0.480 e. The molecule has 182 valence electrons. The molecular weight excluding hydrogens is 462 g/mol. The summed E-state index contributed by atoms with van der Waals surface area (Å²) in [6, 6.07) is 23.4. The Kier molecular flexibility index (Phi) is 8.79. The number of carboxylic acids is 1. The van der Waals surface area contributed by atoms with E-state index in [2.05, 4.69) is 40.6 Å². The second kappa shape index (κ2) is 11.8. The minimum absolute atomic E-state index is 0. The Hall–Kier alpha value is -3.48. The highest BCUT2D eigenvalue weighted by atomic mass is 35.5. The number of hydrogen-bond acceptors (Lipinski definition) is 5. The molecule has 0 spiro atoms. The number of carbonyl (C=O) groups is 1. The maximum Gasteiger partial charge on any atom is 0.320 e. The van der Waals surface area contributed by atoms with E-state index in [1.54, 1.807) is 0 Å². The molecule has 4 aromatic rings. The number of rotatable bonds is 9. The van der Waals surface area contributed by atoms with Crippen LogP contribution in [0, 0.1) is 12.8 Å². The molecule has 6 nitrogen and oxygen atoms in total. The Balaban J connectivity index is 0.00000342. The molecule has 0 unspecified atom stereocenters. The number of aromatic nitrogens is 2. The van der Waals surface area contributed by atoms with Crippen molar-refractivity contribution in [1.82, 2.24) is 15.5 Å². The molecule has 1 heterocycles. The van der Waals surface area contributed by atoms with Gasteiger partial charge in [0.1, 0.15) is 6.04 Å². The summed E-state index contributed by atoms with van der Waals surface area (Å²) in [5, 5.41) is 21.2. The fraction of sp³-hybridized carbons (Fsp3) is 0.250. The van der Waals surface area contributed by atoms with Crippen LogP contribution in [-0.2, 0) is 11.3 Å². The smallest absolute Gasteiger partial charge is 0.320 e. The number of benzene rings is 3. The standard InChI is InChI=1S/C28H29N3O3.ClH/c1-18(2)15-25(28(32)33)29-17-20-9-7-12-22(16-20)26-30-31-27(34-26)24-14-8-13-23(19(24)3)21-10-5-4-6-11-21;/h4-14,16,18,25,29H,15,17H2,1-3H3,(H,32,33);1H/t25-;/m0./s1. The topological polar surface area (TPSA) is 88.2 Å².